The molecular weight excluding hydrogens is 250 g/mol. The van der Waals surface area contributed by atoms with Crippen LogP contribution in [-0.4, -0.2) is 29.9 Å². The molecular formula is C16H25N3O. The lowest BCUT2D eigenvalue weighted by Crippen LogP contribution is -2.37. The number of hydrogen-bond acceptors (Lipinski definition) is 3. The van der Waals surface area contributed by atoms with Crippen molar-refractivity contribution in [3.63, 3.8) is 0 Å². The van der Waals surface area contributed by atoms with Crippen LogP contribution in [0.15, 0.2) is 11.8 Å². The highest BCUT2D eigenvalue weighted by molar-refractivity contribution is 5.97. The molecule has 2 unspecified atom stereocenters. The first-order chi connectivity index (χ1) is 9.58. The number of nitrogens with one attached hydrogen (secondary N) is 1. The number of nitrogens with zero attached hydrogens (tertiary/aromatic N) is 2. The maximum atomic E-state index is 12.1. The third-order valence-electron chi connectivity index (χ3n) is 4.26. The molecule has 2 atom stereocenters. The zero-order valence-electron chi connectivity index (χ0n) is 12.6. The van der Waals surface area contributed by atoms with Gasteiger partial charge in [0.15, 0.2) is 0 Å². The molecule has 1 saturated heterocycles. The topological polar surface area (TPSA) is 56.1 Å². The summed E-state index contributed by atoms with van der Waals surface area (Å²) in [6, 6.07) is 2.32. The van der Waals surface area contributed by atoms with Crippen molar-refractivity contribution < 1.29 is 4.79 Å². The summed E-state index contributed by atoms with van der Waals surface area (Å²) in [6.45, 7) is 6.32. The molecule has 4 heteroatoms. The SMILES string of the molecule is CC1CC(C)CN(/C=C(/C#N)C(=O)NC2CCCC2)C1. The zero-order chi connectivity index (χ0) is 14.5. The molecule has 1 aliphatic carbocycles. The molecule has 0 bridgehead atoms. The van der Waals surface area contributed by atoms with Crippen LogP contribution in [0.5, 0.6) is 0 Å². The van der Waals surface area contributed by atoms with Crippen LogP contribution in [0.4, 0.5) is 0 Å². The Kier molecular flexibility index (Phi) is 5.05. The molecule has 0 aromatic rings. The predicted octanol–water partition coefficient (Wildman–Crippen LogP) is 2.43. The monoisotopic (exact) mass is 275 g/mol. The van der Waals surface area contributed by atoms with E-state index in [9.17, 15) is 10.1 Å². The molecule has 0 radical (unpaired) electrons. The molecule has 0 aromatic carbocycles. The number of piperidine rings is 1. The van der Waals surface area contributed by atoms with E-state index in [0.29, 0.717) is 11.8 Å². The van der Waals surface area contributed by atoms with Gasteiger partial charge in [0, 0.05) is 25.3 Å². The standard InChI is InChI=1S/C16H25N3O/c1-12-7-13(2)10-19(9-12)11-14(8-17)16(20)18-15-5-3-4-6-15/h11-13,15H,3-7,9-10H2,1-2H3,(H,18,20)/b14-11-. The minimum absolute atomic E-state index is 0.203. The average molecular weight is 275 g/mol. The third kappa shape index (κ3) is 4.00. The molecule has 0 aromatic heterocycles. The molecule has 1 saturated carbocycles. The molecule has 1 amide bonds. The fraction of sp³-hybridized carbons (Fsp3) is 0.750. The van der Waals surface area contributed by atoms with Crippen LogP contribution >= 0.6 is 0 Å². The van der Waals surface area contributed by atoms with E-state index < -0.39 is 0 Å². The summed E-state index contributed by atoms with van der Waals surface area (Å²) in [5.41, 5.74) is 0.248. The zero-order valence-corrected chi connectivity index (χ0v) is 12.6. The Morgan fingerprint density at radius 2 is 1.85 bits per heavy atom. The Morgan fingerprint density at radius 3 is 2.40 bits per heavy atom. The van der Waals surface area contributed by atoms with Gasteiger partial charge in [-0.1, -0.05) is 26.7 Å². The molecule has 1 N–H and O–H groups in total. The summed E-state index contributed by atoms with van der Waals surface area (Å²) < 4.78 is 0. The van der Waals surface area contributed by atoms with Gasteiger partial charge < -0.3 is 10.2 Å². The lowest BCUT2D eigenvalue weighted by Gasteiger charge is -2.34. The maximum Gasteiger partial charge on any atom is 0.263 e. The molecule has 1 heterocycles. The van der Waals surface area contributed by atoms with Crippen LogP contribution in [-0.2, 0) is 4.79 Å². The van der Waals surface area contributed by atoms with Crippen molar-refractivity contribution in [2.24, 2.45) is 11.8 Å². The van der Waals surface area contributed by atoms with E-state index in [0.717, 1.165) is 25.9 Å². The number of likely N-dealkylation sites (tertiary alicyclic amines) is 1. The highest BCUT2D eigenvalue weighted by atomic mass is 16.1. The van der Waals surface area contributed by atoms with Crippen molar-refractivity contribution in [2.75, 3.05) is 13.1 Å². The molecule has 1 aliphatic heterocycles. The summed E-state index contributed by atoms with van der Waals surface area (Å²) >= 11 is 0. The van der Waals surface area contributed by atoms with E-state index in [4.69, 9.17) is 0 Å². The second-order valence-electron chi connectivity index (χ2n) is 6.51. The van der Waals surface area contributed by atoms with Crippen molar-refractivity contribution >= 4 is 5.91 Å². The van der Waals surface area contributed by atoms with Gasteiger partial charge in [-0.3, -0.25) is 4.79 Å². The number of nitriles is 1. The summed E-state index contributed by atoms with van der Waals surface area (Å²) in [6.07, 6.45) is 7.43. The molecule has 0 spiro atoms. The van der Waals surface area contributed by atoms with Gasteiger partial charge in [-0.25, -0.2) is 0 Å². The minimum atomic E-state index is -0.203. The Hall–Kier alpha value is -1.50. The molecule has 2 fully saturated rings. The van der Waals surface area contributed by atoms with Gasteiger partial charge in [0.25, 0.3) is 5.91 Å². The lowest BCUT2D eigenvalue weighted by atomic mass is 9.92. The van der Waals surface area contributed by atoms with E-state index >= 15 is 0 Å². The second kappa shape index (κ2) is 6.78. The van der Waals surface area contributed by atoms with Gasteiger partial charge in [-0.05, 0) is 31.1 Å². The predicted molar refractivity (Wildman–Crippen MR) is 78.6 cm³/mol. The largest absolute Gasteiger partial charge is 0.376 e. The van der Waals surface area contributed by atoms with Gasteiger partial charge in [0.1, 0.15) is 11.6 Å². The van der Waals surface area contributed by atoms with Gasteiger partial charge in [0.05, 0.1) is 0 Å². The maximum absolute atomic E-state index is 12.1. The quantitative estimate of drug-likeness (QED) is 0.636. The van der Waals surface area contributed by atoms with Crippen molar-refractivity contribution in [2.45, 2.75) is 52.0 Å². The number of carbonyl (C=O) groups excluding carboxylic acids is 1. The Morgan fingerprint density at radius 1 is 1.25 bits per heavy atom. The first-order valence-electron chi connectivity index (χ1n) is 7.75. The number of carbonyl (C=O) groups is 1. The van der Waals surface area contributed by atoms with Gasteiger partial charge in [-0.15, -0.1) is 0 Å². The van der Waals surface area contributed by atoms with Crippen molar-refractivity contribution in [3.05, 3.63) is 11.8 Å². The van der Waals surface area contributed by atoms with E-state index in [2.05, 4.69) is 30.1 Å². The van der Waals surface area contributed by atoms with Crippen LogP contribution in [0.3, 0.4) is 0 Å². The van der Waals surface area contributed by atoms with E-state index in [1.807, 2.05) is 0 Å². The van der Waals surface area contributed by atoms with Gasteiger partial charge in [0.2, 0.25) is 0 Å². The third-order valence-corrected chi connectivity index (χ3v) is 4.26. The van der Waals surface area contributed by atoms with Crippen molar-refractivity contribution in [1.82, 2.24) is 10.2 Å². The highest BCUT2D eigenvalue weighted by Crippen LogP contribution is 2.22. The Balaban J connectivity index is 1.97. The minimum Gasteiger partial charge on any atom is -0.376 e. The lowest BCUT2D eigenvalue weighted by molar-refractivity contribution is -0.117. The average Bonchev–Trinajstić information content (AvgIpc) is 2.87. The molecule has 110 valence electrons. The first kappa shape index (κ1) is 14.9. The smallest absolute Gasteiger partial charge is 0.263 e. The summed E-state index contributed by atoms with van der Waals surface area (Å²) in [5.74, 6) is 1.03. The number of hydrogen-bond donors (Lipinski definition) is 1. The van der Waals surface area contributed by atoms with Crippen LogP contribution in [0.2, 0.25) is 0 Å². The normalized spacial score (nSPS) is 28.2. The van der Waals surface area contributed by atoms with Crippen LogP contribution in [0.25, 0.3) is 0 Å². The van der Waals surface area contributed by atoms with Crippen LogP contribution in [0, 0.1) is 23.2 Å². The number of amides is 1. The van der Waals surface area contributed by atoms with Crippen LogP contribution < -0.4 is 5.32 Å². The van der Waals surface area contributed by atoms with Crippen molar-refractivity contribution in [3.8, 4) is 6.07 Å². The fourth-order valence-corrected chi connectivity index (χ4v) is 3.47. The summed E-state index contributed by atoms with van der Waals surface area (Å²) in [7, 11) is 0. The highest BCUT2D eigenvalue weighted by Gasteiger charge is 2.23. The molecule has 2 rings (SSSR count). The van der Waals surface area contributed by atoms with Crippen LogP contribution in [0.1, 0.15) is 46.0 Å². The second-order valence-corrected chi connectivity index (χ2v) is 6.51. The van der Waals surface area contributed by atoms with Gasteiger partial charge in [-0.2, -0.15) is 5.26 Å². The summed E-state index contributed by atoms with van der Waals surface area (Å²) in [5, 5.41) is 12.2. The Bertz CT molecular complexity index is 408. The van der Waals surface area contributed by atoms with Crippen molar-refractivity contribution in [1.29, 1.82) is 5.26 Å². The Labute approximate surface area is 121 Å². The molecule has 2 aliphatic rings. The fourth-order valence-electron chi connectivity index (χ4n) is 3.47. The molecule has 4 nitrogen and oxygen atoms in total. The van der Waals surface area contributed by atoms with E-state index in [1.54, 1.807) is 6.20 Å². The van der Waals surface area contributed by atoms with Gasteiger partial charge >= 0.3 is 0 Å². The van der Waals surface area contributed by atoms with E-state index in [1.165, 1.54) is 19.3 Å². The number of rotatable bonds is 3. The molecule has 20 heavy (non-hydrogen) atoms. The van der Waals surface area contributed by atoms with E-state index in [-0.39, 0.29) is 17.5 Å². The summed E-state index contributed by atoms with van der Waals surface area (Å²) in [4.78, 5) is 14.3. The first-order valence-corrected chi connectivity index (χ1v) is 7.75.